The van der Waals surface area contributed by atoms with Gasteiger partial charge in [-0.3, -0.25) is 9.59 Å². The second-order valence-electron chi connectivity index (χ2n) is 7.21. The van der Waals surface area contributed by atoms with Gasteiger partial charge >= 0.3 is 0 Å². The zero-order valence-corrected chi connectivity index (χ0v) is 17.1. The molecule has 0 heterocycles. The molecule has 0 aliphatic rings. The third kappa shape index (κ3) is 6.82. The first-order chi connectivity index (χ1) is 13.5. The minimum absolute atomic E-state index is 0.0377. The fourth-order valence-corrected chi connectivity index (χ4v) is 3.21. The van der Waals surface area contributed by atoms with Gasteiger partial charge in [0.05, 0.1) is 5.92 Å². The van der Waals surface area contributed by atoms with Crippen molar-refractivity contribution in [1.29, 1.82) is 0 Å². The van der Waals surface area contributed by atoms with Crippen LogP contribution in [-0.4, -0.2) is 61.9 Å². The fourth-order valence-electron chi connectivity index (χ4n) is 3.21. The Balaban J connectivity index is 1.98. The highest BCUT2D eigenvalue weighted by molar-refractivity contribution is 5.87. The van der Waals surface area contributed by atoms with Gasteiger partial charge in [0.1, 0.15) is 0 Å². The average Bonchev–Trinajstić information content (AvgIpc) is 2.68. The smallest absolute Gasteiger partial charge is 0.232 e. The maximum Gasteiger partial charge on any atom is 0.232 e. The molecule has 0 fully saturated rings. The molecule has 1 N–H and O–H groups in total. The molecule has 5 nitrogen and oxygen atoms in total. The van der Waals surface area contributed by atoms with Gasteiger partial charge in [-0.1, -0.05) is 60.7 Å². The summed E-state index contributed by atoms with van der Waals surface area (Å²) in [7, 11) is 4.04. The van der Waals surface area contributed by atoms with Crippen molar-refractivity contribution in [2.24, 2.45) is 0 Å². The molecule has 0 atom stereocenters. The highest BCUT2D eigenvalue weighted by Crippen LogP contribution is 2.24. The molecule has 0 aliphatic heterocycles. The second-order valence-corrected chi connectivity index (χ2v) is 7.21. The predicted molar refractivity (Wildman–Crippen MR) is 113 cm³/mol. The standard InChI is InChI=1S/C23H31N3O2/c1-19(27)26(17-10-16-25(2)3)18-15-24-23(28)22(20-11-6-4-7-12-20)21-13-8-5-9-14-21/h4-9,11-14,22H,10,15-18H2,1-3H3,(H,24,28). The summed E-state index contributed by atoms with van der Waals surface area (Å²) in [6.45, 7) is 4.17. The topological polar surface area (TPSA) is 52.7 Å². The molecule has 0 bridgehead atoms. The Morgan fingerprint density at radius 2 is 1.39 bits per heavy atom. The molecule has 0 aromatic heterocycles. The summed E-state index contributed by atoms with van der Waals surface area (Å²) in [5.74, 6) is -0.369. The van der Waals surface area contributed by atoms with Crippen molar-refractivity contribution < 1.29 is 9.59 Å². The van der Waals surface area contributed by atoms with Crippen LogP contribution in [0.4, 0.5) is 0 Å². The number of nitrogens with one attached hydrogen (secondary N) is 1. The van der Waals surface area contributed by atoms with Gasteiger partial charge in [0.2, 0.25) is 11.8 Å². The number of carbonyl (C=O) groups is 2. The molecule has 2 rings (SSSR count). The molecule has 0 spiro atoms. The Hall–Kier alpha value is -2.66. The van der Waals surface area contributed by atoms with Gasteiger partial charge in [-0.05, 0) is 38.2 Å². The summed E-state index contributed by atoms with van der Waals surface area (Å²) < 4.78 is 0. The van der Waals surface area contributed by atoms with Crippen LogP contribution in [0.15, 0.2) is 60.7 Å². The molecule has 2 amide bonds. The number of nitrogens with zero attached hydrogens (tertiary/aromatic N) is 2. The predicted octanol–water partition coefficient (Wildman–Crippen LogP) is 2.73. The fraction of sp³-hybridized carbons (Fsp3) is 0.391. The lowest BCUT2D eigenvalue weighted by atomic mass is 9.90. The number of benzene rings is 2. The molecule has 0 radical (unpaired) electrons. The van der Waals surface area contributed by atoms with Crippen LogP contribution in [0.3, 0.4) is 0 Å². The largest absolute Gasteiger partial charge is 0.354 e. The first-order valence-electron chi connectivity index (χ1n) is 9.77. The van der Waals surface area contributed by atoms with Gasteiger partial charge in [0, 0.05) is 26.6 Å². The van der Waals surface area contributed by atoms with E-state index in [-0.39, 0.29) is 17.7 Å². The lowest BCUT2D eigenvalue weighted by molar-refractivity contribution is -0.129. The van der Waals surface area contributed by atoms with E-state index in [9.17, 15) is 9.59 Å². The first-order valence-corrected chi connectivity index (χ1v) is 9.77. The van der Waals surface area contributed by atoms with Gasteiger partial charge in [-0.25, -0.2) is 0 Å². The van der Waals surface area contributed by atoms with E-state index < -0.39 is 0 Å². The molecule has 2 aromatic rings. The molecule has 0 unspecified atom stereocenters. The highest BCUT2D eigenvalue weighted by Gasteiger charge is 2.22. The molecular weight excluding hydrogens is 350 g/mol. The van der Waals surface area contributed by atoms with Crippen molar-refractivity contribution in [2.75, 3.05) is 40.3 Å². The average molecular weight is 382 g/mol. The summed E-state index contributed by atoms with van der Waals surface area (Å²) in [6.07, 6.45) is 0.914. The Morgan fingerprint density at radius 3 is 1.86 bits per heavy atom. The highest BCUT2D eigenvalue weighted by atomic mass is 16.2. The molecule has 0 aliphatic carbocycles. The number of hydrogen-bond donors (Lipinski definition) is 1. The zero-order valence-electron chi connectivity index (χ0n) is 17.1. The van der Waals surface area contributed by atoms with E-state index in [0.717, 1.165) is 24.1 Å². The minimum atomic E-state index is -0.359. The Labute approximate surface area is 168 Å². The Morgan fingerprint density at radius 1 is 0.857 bits per heavy atom. The van der Waals surface area contributed by atoms with E-state index >= 15 is 0 Å². The van der Waals surface area contributed by atoms with Crippen LogP contribution in [0.1, 0.15) is 30.4 Å². The van der Waals surface area contributed by atoms with Crippen molar-refractivity contribution >= 4 is 11.8 Å². The maximum absolute atomic E-state index is 13.0. The monoisotopic (exact) mass is 381 g/mol. The van der Waals surface area contributed by atoms with Gasteiger partial charge in [0.15, 0.2) is 0 Å². The third-order valence-electron chi connectivity index (χ3n) is 4.69. The molecule has 2 aromatic carbocycles. The van der Waals surface area contributed by atoms with Crippen LogP contribution in [0.5, 0.6) is 0 Å². The Kier molecular flexibility index (Phi) is 8.69. The number of hydrogen-bond acceptors (Lipinski definition) is 3. The second kappa shape index (κ2) is 11.2. The summed E-state index contributed by atoms with van der Waals surface area (Å²) in [5, 5.41) is 3.02. The van der Waals surface area contributed by atoms with Crippen LogP contribution < -0.4 is 5.32 Å². The maximum atomic E-state index is 13.0. The van der Waals surface area contributed by atoms with Gasteiger partial charge in [0.25, 0.3) is 0 Å². The van der Waals surface area contributed by atoms with Crippen LogP contribution in [0.2, 0.25) is 0 Å². The van der Waals surface area contributed by atoms with Gasteiger partial charge < -0.3 is 15.1 Å². The first kappa shape index (κ1) is 21.6. The van der Waals surface area contributed by atoms with Crippen LogP contribution in [0.25, 0.3) is 0 Å². The van der Waals surface area contributed by atoms with Crippen molar-refractivity contribution in [1.82, 2.24) is 15.1 Å². The van der Waals surface area contributed by atoms with E-state index in [1.165, 1.54) is 0 Å². The number of carbonyl (C=O) groups excluding carboxylic acids is 2. The normalized spacial score (nSPS) is 10.9. The summed E-state index contributed by atoms with van der Waals surface area (Å²) >= 11 is 0. The molecule has 5 heteroatoms. The van der Waals surface area contributed by atoms with E-state index in [1.54, 1.807) is 11.8 Å². The third-order valence-corrected chi connectivity index (χ3v) is 4.69. The van der Waals surface area contributed by atoms with E-state index in [4.69, 9.17) is 0 Å². The number of rotatable bonds is 10. The number of amides is 2. The van der Waals surface area contributed by atoms with E-state index in [2.05, 4.69) is 10.2 Å². The lowest BCUT2D eigenvalue weighted by Crippen LogP contribution is -2.40. The van der Waals surface area contributed by atoms with Crippen molar-refractivity contribution in [3.05, 3.63) is 71.8 Å². The van der Waals surface area contributed by atoms with Crippen molar-refractivity contribution in [3.8, 4) is 0 Å². The summed E-state index contributed by atoms with van der Waals surface area (Å²) in [4.78, 5) is 28.7. The van der Waals surface area contributed by atoms with Crippen LogP contribution in [0, 0.1) is 0 Å². The summed E-state index contributed by atoms with van der Waals surface area (Å²) in [5.41, 5.74) is 1.92. The van der Waals surface area contributed by atoms with Crippen LogP contribution >= 0.6 is 0 Å². The van der Waals surface area contributed by atoms with E-state index in [1.807, 2.05) is 74.8 Å². The van der Waals surface area contributed by atoms with Crippen LogP contribution in [-0.2, 0) is 9.59 Å². The molecule has 28 heavy (non-hydrogen) atoms. The SMILES string of the molecule is CC(=O)N(CCCN(C)C)CCNC(=O)C(c1ccccc1)c1ccccc1. The quantitative estimate of drug-likeness (QED) is 0.689. The van der Waals surface area contributed by atoms with E-state index in [0.29, 0.717) is 19.6 Å². The lowest BCUT2D eigenvalue weighted by Gasteiger charge is -2.23. The van der Waals surface area contributed by atoms with Crippen molar-refractivity contribution in [3.63, 3.8) is 0 Å². The molecule has 0 saturated carbocycles. The molecule has 150 valence electrons. The van der Waals surface area contributed by atoms with Gasteiger partial charge in [-0.15, -0.1) is 0 Å². The summed E-state index contributed by atoms with van der Waals surface area (Å²) in [6, 6.07) is 19.6. The zero-order chi connectivity index (χ0) is 20.4. The Bertz CT molecular complexity index is 693. The van der Waals surface area contributed by atoms with Crippen molar-refractivity contribution in [2.45, 2.75) is 19.3 Å². The van der Waals surface area contributed by atoms with Gasteiger partial charge in [-0.2, -0.15) is 0 Å². The molecular formula is C23H31N3O2. The minimum Gasteiger partial charge on any atom is -0.354 e. The molecule has 0 saturated heterocycles.